The van der Waals surface area contributed by atoms with Gasteiger partial charge in [-0.1, -0.05) is 23.8 Å². The fraction of sp³-hybridized carbons (Fsp3) is 0.458. The van der Waals surface area contributed by atoms with Crippen LogP contribution in [0.15, 0.2) is 42.0 Å². The van der Waals surface area contributed by atoms with E-state index >= 15 is 0 Å². The summed E-state index contributed by atoms with van der Waals surface area (Å²) in [4.78, 5) is 27.2. The Morgan fingerprint density at radius 2 is 2.06 bits per heavy atom. The molecule has 1 N–H and O–H groups in total. The molecule has 1 aromatic heterocycles. The summed E-state index contributed by atoms with van der Waals surface area (Å²) in [7, 11) is 1.41. The van der Waals surface area contributed by atoms with E-state index in [0.29, 0.717) is 31.6 Å². The predicted octanol–water partition coefficient (Wildman–Crippen LogP) is 2.86. The van der Waals surface area contributed by atoms with Crippen molar-refractivity contribution in [3.8, 4) is 0 Å². The lowest BCUT2D eigenvalue weighted by molar-refractivity contribution is -0.145. The van der Waals surface area contributed by atoms with E-state index in [1.807, 2.05) is 68.8 Å². The summed E-state index contributed by atoms with van der Waals surface area (Å²) in [5.41, 5.74) is 4.87. The van der Waals surface area contributed by atoms with Crippen LogP contribution in [-0.2, 0) is 16.1 Å². The van der Waals surface area contributed by atoms with Crippen LogP contribution in [-0.4, -0.2) is 58.8 Å². The van der Waals surface area contributed by atoms with Gasteiger partial charge in [0.1, 0.15) is 6.04 Å². The van der Waals surface area contributed by atoms with Crippen LogP contribution in [0.25, 0.3) is 0 Å². The topological polar surface area (TPSA) is 76.5 Å². The molecule has 1 aliphatic rings. The Kier molecular flexibility index (Phi) is 7.28. The molecule has 2 heterocycles. The Bertz CT molecular complexity index is 979. The normalized spacial score (nSPS) is 19.5. The Hall–Kier alpha value is -2.93. The van der Waals surface area contributed by atoms with E-state index in [4.69, 9.17) is 4.74 Å². The molecule has 1 fully saturated rings. The number of carbonyl (C=O) groups excluding carboxylic acids is 2. The number of hydrogen-bond donors (Lipinski definition) is 1. The minimum Gasteiger partial charge on any atom is -0.468 e. The summed E-state index contributed by atoms with van der Waals surface area (Å²) < 4.78 is 6.92. The van der Waals surface area contributed by atoms with Gasteiger partial charge in [-0.05, 0) is 57.9 Å². The van der Waals surface area contributed by atoms with Crippen LogP contribution >= 0.6 is 0 Å². The zero-order valence-corrected chi connectivity index (χ0v) is 19.0. The van der Waals surface area contributed by atoms with Crippen LogP contribution in [0.2, 0.25) is 0 Å². The van der Waals surface area contributed by atoms with Crippen molar-refractivity contribution in [1.29, 1.82) is 0 Å². The summed E-state index contributed by atoms with van der Waals surface area (Å²) in [6.45, 7) is 9.92. The molecule has 7 nitrogen and oxygen atoms in total. The number of benzene rings is 1. The highest BCUT2D eigenvalue weighted by Crippen LogP contribution is 2.21. The fourth-order valence-electron chi connectivity index (χ4n) is 4.06. The summed E-state index contributed by atoms with van der Waals surface area (Å²) >= 11 is 0. The zero-order valence-electron chi connectivity index (χ0n) is 19.0. The second-order valence-corrected chi connectivity index (χ2v) is 8.29. The molecule has 31 heavy (non-hydrogen) atoms. The van der Waals surface area contributed by atoms with Gasteiger partial charge in [-0.2, -0.15) is 5.10 Å². The molecule has 166 valence electrons. The van der Waals surface area contributed by atoms with Gasteiger partial charge < -0.3 is 10.1 Å². The number of allylic oxidation sites excluding steroid dienone is 1. The molecule has 1 aliphatic heterocycles. The molecule has 0 unspecified atom stereocenters. The van der Waals surface area contributed by atoms with Crippen molar-refractivity contribution in [1.82, 2.24) is 20.0 Å². The lowest BCUT2D eigenvalue weighted by Gasteiger charge is -2.22. The number of aromatic nitrogens is 2. The van der Waals surface area contributed by atoms with Crippen molar-refractivity contribution in [3.63, 3.8) is 0 Å². The van der Waals surface area contributed by atoms with Gasteiger partial charge in [-0.25, -0.2) is 0 Å². The minimum atomic E-state index is -0.345. The number of esters is 1. The molecule has 1 amide bonds. The van der Waals surface area contributed by atoms with Crippen LogP contribution in [0.4, 0.5) is 0 Å². The highest BCUT2D eigenvalue weighted by molar-refractivity contribution is 5.94. The Morgan fingerprint density at radius 3 is 2.71 bits per heavy atom. The first-order chi connectivity index (χ1) is 14.8. The second-order valence-electron chi connectivity index (χ2n) is 8.29. The summed E-state index contributed by atoms with van der Waals surface area (Å²) in [5, 5.41) is 7.60. The van der Waals surface area contributed by atoms with E-state index in [1.54, 1.807) is 0 Å². The summed E-state index contributed by atoms with van der Waals surface area (Å²) in [6, 6.07) is 9.19. The molecule has 0 bridgehead atoms. The maximum atomic E-state index is 12.9. The van der Waals surface area contributed by atoms with Gasteiger partial charge in [0, 0.05) is 30.4 Å². The number of methoxy groups -OCH3 is 1. The van der Waals surface area contributed by atoms with Gasteiger partial charge >= 0.3 is 5.97 Å². The monoisotopic (exact) mass is 424 g/mol. The maximum Gasteiger partial charge on any atom is 0.323 e. The first kappa shape index (κ1) is 22.7. The van der Waals surface area contributed by atoms with E-state index in [-0.39, 0.29) is 24.0 Å². The second kappa shape index (κ2) is 9.92. The van der Waals surface area contributed by atoms with E-state index in [1.165, 1.54) is 12.7 Å². The maximum absolute atomic E-state index is 12.9. The van der Waals surface area contributed by atoms with Crippen LogP contribution in [0.3, 0.4) is 0 Å². The van der Waals surface area contributed by atoms with E-state index in [9.17, 15) is 9.59 Å². The quantitative estimate of drug-likeness (QED) is 0.546. The van der Waals surface area contributed by atoms with E-state index in [0.717, 1.165) is 17.0 Å². The predicted molar refractivity (Wildman–Crippen MR) is 120 cm³/mol. The Morgan fingerprint density at radius 1 is 1.29 bits per heavy atom. The average molecular weight is 425 g/mol. The minimum absolute atomic E-state index is 0.110. The van der Waals surface area contributed by atoms with Crippen LogP contribution < -0.4 is 5.32 Å². The number of nitrogens with one attached hydrogen (secondary N) is 1. The van der Waals surface area contributed by atoms with Crippen molar-refractivity contribution >= 4 is 11.9 Å². The standard InChI is InChI=1S/C24H32N4O3/c1-6-16(2)13-27-15-21(12-22(27)24(30)31-5)25-23(29)20-9-7-8-19(11-20)14-28-18(4)10-17(3)26-28/h6-11,21-22H,12-15H2,1-5H3,(H,25,29)/t21-,22+/m1/s1. The van der Waals surface area contributed by atoms with Crippen LogP contribution in [0.5, 0.6) is 0 Å². The SMILES string of the molecule is CC=C(C)CN1C[C@H](NC(=O)c2cccc(Cn3nc(C)cc3C)c2)C[C@H]1C(=O)OC. The molecule has 0 aliphatic carbocycles. The van der Waals surface area contributed by atoms with Gasteiger partial charge in [0.25, 0.3) is 5.91 Å². The van der Waals surface area contributed by atoms with E-state index in [2.05, 4.69) is 15.3 Å². The number of rotatable bonds is 7. The molecular formula is C24H32N4O3. The molecular weight excluding hydrogens is 392 g/mol. The number of carbonyl (C=O) groups is 2. The van der Waals surface area contributed by atoms with Gasteiger partial charge in [-0.3, -0.25) is 19.2 Å². The van der Waals surface area contributed by atoms with Crippen molar-refractivity contribution < 1.29 is 14.3 Å². The molecule has 0 saturated carbocycles. The third kappa shape index (κ3) is 5.61. The van der Waals surface area contributed by atoms with Crippen molar-refractivity contribution in [2.24, 2.45) is 0 Å². The van der Waals surface area contributed by atoms with Gasteiger partial charge in [0.05, 0.1) is 19.3 Å². The lowest BCUT2D eigenvalue weighted by Crippen LogP contribution is -2.39. The first-order valence-corrected chi connectivity index (χ1v) is 10.6. The molecule has 1 saturated heterocycles. The zero-order chi connectivity index (χ0) is 22.5. The van der Waals surface area contributed by atoms with Gasteiger partial charge in [0.15, 0.2) is 0 Å². The van der Waals surface area contributed by atoms with Gasteiger partial charge in [-0.15, -0.1) is 0 Å². The van der Waals surface area contributed by atoms with E-state index < -0.39 is 0 Å². The molecule has 0 spiro atoms. The highest BCUT2D eigenvalue weighted by Gasteiger charge is 2.38. The van der Waals surface area contributed by atoms with Crippen molar-refractivity contribution in [2.45, 2.75) is 52.7 Å². The number of ether oxygens (including phenoxy) is 1. The number of nitrogens with zero attached hydrogens (tertiary/aromatic N) is 3. The van der Waals surface area contributed by atoms with Crippen molar-refractivity contribution in [3.05, 3.63) is 64.5 Å². The first-order valence-electron chi connectivity index (χ1n) is 10.6. The fourth-order valence-corrected chi connectivity index (χ4v) is 4.06. The third-order valence-electron chi connectivity index (χ3n) is 5.78. The number of aryl methyl sites for hydroxylation is 2. The largest absolute Gasteiger partial charge is 0.468 e. The molecule has 1 aromatic carbocycles. The number of hydrogen-bond acceptors (Lipinski definition) is 5. The lowest BCUT2D eigenvalue weighted by atomic mass is 10.1. The number of likely N-dealkylation sites (tertiary alicyclic amines) is 1. The molecule has 3 rings (SSSR count). The summed E-state index contributed by atoms with van der Waals surface area (Å²) in [5.74, 6) is -0.388. The highest BCUT2D eigenvalue weighted by atomic mass is 16.5. The summed E-state index contributed by atoms with van der Waals surface area (Å²) in [6.07, 6.45) is 2.58. The third-order valence-corrected chi connectivity index (χ3v) is 5.78. The Balaban J connectivity index is 1.68. The Labute approximate surface area is 184 Å². The molecule has 2 atom stereocenters. The van der Waals surface area contributed by atoms with Gasteiger partial charge in [0.2, 0.25) is 0 Å². The number of amides is 1. The van der Waals surface area contributed by atoms with Crippen LogP contribution in [0, 0.1) is 13.8 Å². The smallest absolute Gasteiger partial charge is 0.323 e. The van der Waals surface area contributed by atoms with Crippen molar-refractivity contribution in [2.75, 3.05) is 20.2 Å². The average Bonchev–Trinajstić information content (AvgIpc) is 3.28. The van der Waals surface area contributed by atoms with Crippen LogP contribution in [0.1, 0.15) is 47.6 Å². The molecule has 7 heteroatoms. The molecule has 0 radical (unpaired) electrons. The molecule has 2 aromatic rings.